The molecule has 0 bridgehead atoms. The van der Waals surface area contributed by atoms with Gasteiger partial charge in [0.25, 0.3) is 0 Å². The summed E-state index contributed by atoms with van der Waals surface area (Å²) < 4.78 is 22.2. The van der Waals surface area contributed by atoms with Gasteiger partial charge in [0, 0.05) is 37.5 Å². The summed E-state index contributed by atoms with van der Waals surface area (Å²) in [4.78, 5) is 27.1. The molecule has 1 amide bonds. The van der Waals surface area contributed by atoms with E-state index in [1.165, 1.54) is 11.0 Å². The Morgan fingerprint density at radius 2 is 2.17 bits per heavy atom. The molecule has 0 saturated heterocycles. The number of nitrogens with one attached hydrogen (secondary N) is 1. The fourth-order valence-electron chi connectivity index (χ4n) is 1.98. The molecule has 1 aromatic heterocycles. The van der Waals surface area contributed by atoms with Crippen LogP contribution in [0.3, 0.4) is 0 Å². The number of rotatable bonds is 2. The Balaban J connectivity index is 2.15. The minimum Gasteiger partial charge on any atom is -0.337 e. The largest absolute Gasteiger partial charge is 0.337 e. The fourth-order valence-corrected chi connectivity index (χ4v) is 2.61. The monoisotopic (exact) mass is 270 g/mol. The smallest absolute Gasteiger partial charge is 0.248 e. The molecule has 0 fully saturated rings. The van der Waals surface area contributed by atoms with E-state index in [4.69, 9.17) is 0 Å². The van der Waals surface area contributed by atoms with Crippen LogP contribution in [0.25, 0.3) is 0 Å². The molecule has 0 unspecified atom stereocenters. The summed E-state index contributed by atoms with van der Waals surface area (Å²) >= 11 is 0. The van der Waals surface area contributed by atoms with Crippen molar-refractivity contribution in [1.29, 1.82) is 0 Å². The van der Waals surface area contributed by atoms with Crippen LogP contribution < -0.4 is 5.56 Å². The third-order valence-electron chi connectivity index (χ3n) is 2.83. The second-order valence-corrected chi connectivity index (χ2v) is 6.60. The summed E-state index contributed by atoms with van der Waals surface area (Å²) in [6.45, 7) is 0.780. The summed E-state index contributed by atoms with van der Waals surface area (Å²) in [5.41, 5.74) is 1.53. The average Bonchev–Trinajstić information content (AvgIpc) is 2.26. The molecule has 98 valence electrons. The number of amides is 1. The van der Waals surface area contributed by atoms with E-state index in [0.717, 1.165) is 17.5 Å². The van der Waals surface area contributed by atoms with Crippen molar-refractivity contribution in [3.63, 3.8) is 0 Å². The molecule has 0 aliphatic carbocycles. The highest BCUT2D eigenvalue weighted by Crippen LogP contribution is 2.15. The highest BCUT2D eigenvalue weighted by atomic mass is 32.2. The molecule has 0 spiro atoms. The second kappa shape index (κ2) is 4.56. The molecule has 1 aliphatic rings. The summed E-state index contributed by atoms with van der Waals surface area (Å²) in [5, 5.41) is 0. The van der Waals surface area contributed by atoms with Gasteiger partial charge < -0.3 is 9.88 Å². The van der Waals surface area contributed by atoms with Gasteiger partial charge >= 0.3 is 0 Å². The van der Waals surface area contributed by atoms with Crippen LogP contribution in [0.1, 0.15) is 11.3 Å². The molecule has 0 atom stereocenters. The molecular weight excluding hydrogens is 256 g/mol. The first-order valence-electron chi connectivity index (χ1n) is 5.52. The van der Waals surface area contributed by atoms with E-state index in [1.54, 1.807) is 6.07 Å². The number of carbonyl (C=O) groups excluding carboxylic acids is 1. The van der Waals surface area contributed by atoms with Crippen LogP contribution in [0, 0.1) is 0 Å². The Labute approximate surface area is 105 Å². The number of sulfone groups is 1. The van der Waals surface area contributed by atoms with Crippen molar-refractivity contribution in [3.05, 3.63) is 33.7 Å². The Kier molecular flexibility index (Phi) is 3.25. The molecule has 7 heteroatoms. The maximum Gasteiger partial charge on any atom is 0.248 e. The fraction of sp³-hybridized carbons (Fsp3) is 0.455. The lowest BCUT2D eigenvalue weighted by molar-refractivity contribution is -0.129. The molecule has 0 aromatic carbocycles. The van der Waals surface area contributed by atoms with Gasteiger partial charge in [-0.25, -0.2) is 8.42 Å². The SMILES string of the molecule is CS(=O)(=O)CC(=O)N1CCc2[nH]c(=O)ccc2C1. The van der Waals surface area contributed by atoms with Gasteiger partial charge in [-0.05, 0) is 5.56 Å². The van der Waals surface area contributed by atoms with E-state index in [2.05, 4.69) is 4.98 Å². The number of fused-ring (bicyclic) bond motifs is 1. The van der Waals surface area contributed by atoms with Crippen molar-refractivity contribution in [2.75, 3.05) is 18.6 Å². The number of aromatic amines is 1. The molecule has 1 aromatic rings. The Bertz CT molecular complexity index is 633. The molecule has 2 heterocycles. The van der Waals surface area contributed by atoms with E-state index in [9.17, 15) is 18.0 Å². The Morgan fingerprint density at radius 1 is 1.44 bits per heavy atom. The van der Waals surface area contributed by atoms with Gasteiger partial charge in [0.1, 0.15) is 5.75 Å². The van der Waals surface area contributed by atoms with Gasteiger partial charge in [-0.2, -0.15) is 0 Å². The van der Waals surface area contributed by atoms with Gasteiger partial charge in [-0.3, -0.25) is 9.59 Å². The zero-order valence-corrected chi connectivity index (χ0v) is 10.8. The summed E-state index contributed by atoms with van der Waals surface area (Å²) in [5.74, 6) is -0.861. The summed E-state index contributed by atoms with van der Waals surface area (Å²) in [6, 6.07) is 3.08. The quantitative estimate of drug-likeness (QED) is 0.770. The number of carbonyl (C=O) groups is 1. The van der Waals surface area contributed by atoms with Gasteiger partial charge in [0.15, 0.2) is 9.84 Å². The van der Waals surface area contributed by atoms with Crippen LogP contribution in [-0.4, -0.2) is 42.8 Å². The molecule has 2 rings (SSSR count). The Hall–Kier alpha value is -1.63. The standard InChI is InChI=1S/C11H14N2O4S/c1-18(16,17)7-11(15)13-5-4-9-8(6-13)2-3-10(14)12-9/h2-3H,4-7H2,1H3,(H,12,14). The molecule has 6 nitrogen and oxygen atoms in total. The van der Waals surface area contributed by atoms with Crippen LogP contribution in [0.15, 0.2) is 16.9 Å². The number of nitrogens with zero attached hydrogens (tertiary/aromatic N) is 1. The van der Waals surface area contributed by atoms with Gasteiger partial charge in [0.05, 0.1) is 0 Å². The van der Waals surface area contributed by atoms with Crippen LogP contribution in [0.2, 0.25) is 0 Å². The highest BCUT2D eigenvalue weighted by molar-refractivity contribution is 7.91. The van der Waals surface area contributed by atoms with E-state index >= 15 is 0 Å². The molecule has 0 saturated carbocycles. The second-order valence-electron chi connectivity index (χ2n) is 4.46. The summed E-state index contributed by atoms with van der Waals surface area (Å²) in [7, 11) is -3.31. The number of pyridine rings is 1. The number of H-pyrrole nitrogens is 1. The lowest BCUT2D eigenvalue weighted by Crippen LogP contribution is -2.40. The number of hydrogen-bond acceptors (Lipinski definition) is 4. The van der Waals surface area contributed by atoms with Crippen molar-refractivity contribution in [3.8, 4) is 0 Å². The first-order chi connectivity index (χ1) is 8.35. The predicted molar refractivity (Wildman–Crippen MR) is 65.9 cm³/mol. The number of hydrogen-bond donors (Lipinski definition) is 1. The minimum atomic E-state index is -3.31. The molecule has 18 heavy (non-hydrogen) atoms. The molecule has 1 aliphatic heterocycles. The van der Waals surface area contributed by atoms with Crippen molar-refractivity contribution in [2.45, 2.75) is 13.0 Å². The van der Waals surface area contributed by atoms with E-state index in [0.29, 0.717) is 19.5 Å². The highest BCUT2D eigenvalue weighted by Gasteiger charge is 2.23. The van der Waals surface area contributed by atoms with Crippen molar-refractivity contribution in [2.24, 2.45) is 0 Å². The lowest BCUT2D eigenvalue weighted by Gasteiger charge is -2.28. The lowest BCUT2D eigenvalue weighted by atomic mass is 10.1. The van der Waals surface area contributed by atoms with Crippen molar-refractivity contribution >= 4 is 15.7 Å². The van der Waals surface area contributed by atoms with Crippen LogP contribution in [0.5, 0.6) is 0 Å². The van der Waals surface area contributed by atoms with Gasteiger partial charge in [0.2, 0.25) is 11.5 Å². The average molecular weight is 270 g/mol. The van der Waals surface area contributed by atoms with E-state index in [-0.39, 0.29) is 5.56 Å². The van der Waals surface area contributed by atoms with E-state index < -0.39 is 21.5 Å². The molecule has 1 N–H and O–H groups in total. The van der Waals surface area contributed by atoms with Gasteiger partial charge in [-0.15, -0.1) is 0 Å². The normalized spacial score (nSPS) is 15.3. The number of aromatic nitrogens is 1. The third kappa shape index (κ3) is 2.98. The van der Waals surface area contributed by atoms with Crippen molar-refractivity contribution in [1.82, 2.24) is 9.88 Å². The maximum absolute atomic E-state index is 11.8. The first-order valence-corrected chi connectivity index (χ1v) is 7.58. The Morgan fingerprint density at radius 3 is 2.83 bits per heavy atom. The zero-order chi connectivity index (χ0) is 13.3. The topological polar surface area (TPSA) is 87.3 Å². The zero-order valence-electron chi connectivity index (χ0n) is 9.97. The van der Waals surface area contributed by atoms with Gasteiger partial charge in [-0.1, -0.05) is 6.07 Å². The van der Waals surface area contributed by atoms with Crippen molar-refractivity contribution < 1.29 is 13.2 Å². The maximum atomic E-state index is 11.8. The van der Waals surface area contributed by atoms with Crippen LogP contribution >= 0.6 is 0 Å². The van der Waals surface area contributed by atoms with Crippen LogP contribution in [-0.2, 0) is 27.6 Å². The summed E-state index contributed by atoms with van der Waals surface area (Å²) in [6.07, 6.45) is 1.58. The van der Waals surface area contributed by atoms with Crippen LogP contribution in [0.4, 0.5) is 0 Å². The molecular formula is C11H14N2O4S. The third-order valence-corrected chi connectivity index (χ3v) is 3.60. The molecule has 0 radical (unpaired) electrons. The predicted octanol–water partition coefficient (Wildman–Crippen LogP) is -0.696. The minimum absolute atomic E-state index is 0.162. The first kappa shape index (κ1) is 12.8. The van der Waals surface area contributed by atoms with E-state index in [1.807, 2.05) is 0 Å².